The predicted octanol–water partition coefficient (Wildman–Crippen LogP) is 2.83. The van der Waals surface area contributed by atoms with Crippen LogP contribution in [0.5, 0.6) is 0 Å². The molecule has 0 aliphatic heterocycles. The summed E-state index contributed by atoms with van der Waals surface area (Å²) < 4.78 is 0. The minimum Gasteiger partial charge on any atom is -0.378 e. The highest BCUT2D eigenvalue weighted by Gasteiger charge is 2.32. The van der Waals surface area contributed by atoms with E-state index in [4.69, 9.17) is 5.73 Å². The Kier molecular flexibility index (Phi) is 3.47. The lowest BCUT2D eigenvalue weighted by molar-refractivity contribution is -0.383. The second-order valence-electron chi connectivity index (χ2n) is 5.63. The molecule has 21 heavy (non-hydrogen) atoms. The number of hydrogen-bond acceptors (Lipinski definition) is 5. The minimum atomic E-state index is -0.361. The molecule has 0 saturated heterocycles. The van der Waals surface area contributed by atoms with Gasteiger partial charge in [-0.3, -0.25) is 15.1 Å². The van der Waals surface area contributed by atoms with Crippen LogP contribution in [0.1, 0.15) is 25.7 Å². The van der Waals surface area contributed by atoms with Gasteiger partial charge in [0.2, 0.25) is 0 Å². The van der Waals surface area contributed by atoms with E-state index in [9.17, 15) is 10.1 Å². The minimum absolute atomic E-state index is 0.0983. The van der Waals surface area contributed by atoms with E-state index in [1.165, 1.54) is 0 Å². The van der Waals surface area contributed by atoms with Gasteiger partial charge < -0.3 is 11.1 Å². The third-order valence-electron chi connectivity index (χ3n) is 4.34. The maximum absolute atomic E-state index is 11.1. The van der Waals surface area contributed by atoms with Gasteiger partial charge in [0, 0.05) is 41.6 Å². The van der Waals surface area contributed by atoms with Crippen molar-refractivity contribution in [2.24, 2.45) is 5.73 Å². The maximum Gasteiger partial charge on any atom is 0.277 e. The van der Waals surface area contributed by atoms with E-state index < -0.39 is 0 Å². The fourth-order valence-corrected chi connectivity index (χ4v) is 3.16. The van der Waals surface area contributed by atoms with Crippen LogP contribution in [-0.2, 0) is 0 Å². The Bertz CT molecular complexity index is 680. The van der Waals surface area contributed by atoms with Gasteiger partial charge in [-0.05, 0) is 25.0 Å². The van der Waals surface area contributed by atoms with E-state index in [0.29, 0.717) is 11.9 Å². The SMILES string of the molecule is NCC1(Nc2ccc([N+](=O)[O-])c3ccncc23)CCCC1. The van der Waals surface area contributed by atoms with E-state index in [1.807, 2.05) is 0 Å². The predicted molar refractivity (Wildman–Crippen MR) is 82.3 cm³/mol. The summed E-state index contributed by atoms with van der Waals surface area (Å²) in [6.07, 6.45) is 7.63. The number of non-ortho nitro benzene ring substituents is 1. The van der Waals surface area contributed by atoms with Crippen molar-refractivity contribution in [3.63, 3.8) is 0 Å². The van der Waals surface area contributed by atoms with Crippen LogP contribution in [0, 0.1) is 10.1 Å². The first kappa shape index (κ1) is 13.8. The van der Waals surface area contributed by atoms with Gasteiger partial charge in [-0.15, -0.1) is 0 Å². The van der Waals surface area contributed by atoms with Crippen LogP contribution in [0.2, 0.25) is 0 Å². The Labute approximate surface area is 122 Å². The molecule has 0 amide bonds. The number of nitro groups is 1. The average Bonchev–Trinajstić information content (AvgIpc) is 2.96. The number of nitro benzene ring substituents is 1. The van der Waals surface area contributed by atoms with Crippen molar-refractivity contribution in [1.82, 2.24) is 4.98 Å². The zero-order chi connectivity index (χ0) is 14.9. The molecular formula is C15H18N4O2. The summed E-state index contributed by atoms with van der Waals surface area (Å²) in [5, 5.41) is 16.0. The van der Waals surface area contributed by atoms with Crippen molar-refractivity contribution in [3.8, 4) is 0 Å². The molecule has 1 aromatic carbocycles. The third kappa shape index (κ3) is 2.42. The molecule has 1 fully saturated rings. The molecule has 1 heterocycles. The second-order valence-corrected chi connectivity index (χ2v) is 5.63. The second kappa shape index (κ2) is 5.29. The van der Waals surface area contributed by atoms with Crippen LogP contribution < -0.4 is 11.1 Å². The van der Waals surface area contributed by atoms with Gasteiger partial charge >= 0.3 is 0 Å². The Morgan fingerprint density at radius 2 is 2.05 bits per heavy atom. The van der Waals surface area contributed by atoms with Gasteiger partial charge in [-0.1, -0.05) is 12.8 Å². The summed E-state index contributed by atoms with van der Waals surface area (Å²) >= 11 is 0. The number of anilines is 1. The lowest BCUT2D eigenvalue weighted by Gasteiger charge is -2.30. The molecule has 1 aliphatic rings. The van der Waals surface area contributed by atoms with Gasteiger partial charge in [0.25, 0.3) is 5.69 Å². The molecule has 1 aliphatic carbocycles. The number of aromatic nitrogens is 1. The highest BCUT2D eigenvalue weighted by atomic mass is 16.6. The summed E-state index contributed by atoms with van der Waals surface area (Å²) in [6, 6.07) is 4.99. The summed E-state index contributed by atoms with van der Waals surface area (Å²) in [5.41, 5.74) is 6.83. The van der Waals surface area contributed by atoms with Crippen LogP contribution in [0.25, 0.3) is 10.8 Å². The monoisotopic (exact) mass is 286 g/mol. The molecule has 1 saturated carbocycles. The van der Waals surface area contributed by atoms with Crippen LogP contribution in [-0.4, -0.2) is 22.0 Å². The lowest BCUT2D eigenvalue weighted by Crippen LogP contribution is -2.42. The standard InChI is InChI=1S/C15H18N4O2/c16-10-15(6-1-2-7-15)18-13-3-4-14(19(20)21)11-5-8-17-9-12(11)13/h3-5,8-9,18H,1-2,6-7,10,16H2. The van der Waals surface area contributed by atoms with E-state index in [1.54, 1.807) is 30.6 Å². The van der Waals surface area contributed by atoms with Crippen molar-refractivity contribution in [3.05, 3.63) is 40.7 Å². The van der Waals surface area contributed by atoms with Gasteiger partial charge in [-0.25, -0.2) is 0 Å². The lowest BCUT2D eigenvalue weighted by atomic mass is 9.96. The molecule has 6 nitrogen and oxygen atoms in total. The smallest absolute Gasteiger partial charge is 0.277 e. The molecule has 3 rings (SSSR count). The zero-order valence-electron chi connectivity index (χ0n) is 11.7. The normalized spacial score (nSPS) is 17.0. The van der Waals surface area contributed by atoms with Crippen LogP contribution >= 0.6 is 0 Å². The first-order chi connectivity index (χ1) is 10.2. The Morgan fingerprint density at radius 3 is 2.71 bits per heavy atom. The first-order valence-electron chi connectivity index (χ1n) is 7.15. The van der Waals surface area contributed by atoms with Crippen LogP contribution in [0.3, 0.4) is 0 Å². The summed E-state index contributed by atoms with van der Waals surface area (Å²) in [4.78, 5) is 14.9. The molecule has 1 aromatic heterocycles. The van der Waals surface area contributed by atoms with Crippen molar-refractivity contribution in [2.45, 2.75) is 31.2 Å². The Hall–Kier alpha value is -2.21. The number of hydrogen-bond donors (Lipinski definition) is 2. The Balaban J connectivity index is 2.07. The molecule has 110 valence electrons. The number of nitrogens with one attached hydrogen (secondary N) is 1. The summed E-state index contributed by atoms with van der Waals surface area (Å²) in [5.74, 6) is 0. The zero-order valence-corrected chi connectivity index (χ0v) is 11.7. The number of nitrogens with two attached hydrogens (primary N) is 1. The highest BCUT2D eigenvalue weighted by Crippen LogP contribution is 2.36. The number of pyridine rings is 1. The largest absolute Gasteiger partial charge is 0.378 e. The molecule has 0 bridgehead atoms. The van der Waals surface area contributed by atoms with Gasteiger partial charge in [0.15, 0.2) is 0 Å². The number of benzene rings is 1. The molecule has 0 unspecified atom stereocenters. The quantitative estimate of drug-likeness (QED) is 0.665. The van der Waals surface area contributed by atoms with Gasteiger partial charge in [-0.2, -0.15) is 0 Å². The molecule has 0 radical (unpaired) electrons. The molecule has 0 atom stereocenters. The first-order valence-corrected chi connectivity index (χ1v) is 7.15. The van der Waals surface area contributed by atoms with Crippen LogP contribution in [0.4, 0.5) is 11.4 Å². The van der Waals surface area contributed by atoms with Crippen molar-refractivity contribution >= 4 is 22.1 Å². The van der Waals surface area contributed by atoms with Crippen molar-refractivity contribution < 1.29 is 4.92 Å². The number of fused-ring (bicyclic) bond motifs is 1. The molecular weight excluding hydrogens is 268 g/mol. The third-order valence-corrected chi connectivity index (χ3v) is 4.34. The van der Waals surface area contributed by atoms with Gasteiger partial charge in [0.1, 0.15) is 0 Å². The fourth-order valence-electron chi connectivity index (χ4n) is 3.16. The average molecular weight is 286 g/mol. The number of nitrogens with zero attached hydrogens (tertiary/aromatic N) is 2. The van der Waals surface area contributed by atoms with Crippen molar-refractivity contribution in [1.29, 1.82) is 0 Å². The van der Waals surface area contributed by atoms with E-state index >= 15 is 0 Å². The fraction of sp³-hybridized carbons (Fsp3) is 0.400. The van der Waals surface area contributed by atoms with E-state index in [0.717, 1.165) is 36.8 Å². The molecule has 2 aromatic rings. The number of rotatable bonds is 4. The Morgan fingerprint density at radius 1 is 1.29 bits per heavy atom. The van der Waals surface area contributed by atoms with Crippen LogP contribution in [0.15, 0.2) is 30.6 Å². The summed E-state index contributed by atoms with van der Waals surface area (Å²) in [7, 11) is 0. The van der Waals surface area contributed by atoms with E-state index in [2.05, 4.69) is 10.3 Å². The summed E-state index contributed by atoms with van der Waals surface area (Å²) in [6.45, 7) is 0.561. The molecule has 6 heteroatoms. The molecule has 3 N–H and O–H groups in total. The van der Waals surface area contributed by atoms with E-state index in [-0.39, 0.29) is 16.1 Å². The maximum atomic E-state index is 11.1. The van der Waals surface area contributed by atoms with Crippen molar-refractivity contribution in [2.75, 3.05) is 11.9 Å². The topological polar surface area (TPSA) is 94.1 Å². The highest BCUT2D eigenvalue weighted by molar-refractivity contribution is 5.99. The molecule has 0 spiro atoms. The van der Waals surface area contributed by atoms with Gasteiger partial charge in [0.05, 0.1) is 10.3 Å².